The van der Waals surface area contributed by atoms with E-state index in [0.29, 0.717) is 33.0 Å². The lowest BCUT2D eigenvalue weighted by molar-refractivity contribution is -0.171. The first-order valence-electron chi connectivity index (χ1n) is 10.8. The first-order valence-corrected chi connectivity index (χ1v) is 10.8. The van der Waals surface area contributed by atoms with Crippen LogP contribution >= 0.6 is 0 Å². The molecule has 168 valence electrons. The third-order valence-corrected chi connectivity index (χ3v) is 5.87. The van der Waals surface area contributed by atoms with Crippen molar-refractivity contribution in [3.8, 4) is 0 Å². The maximum absolute atomic E-state index is 11.3. The second-order valence-electron chi connectivity index (χ2n) is 7.91. The lowest BCUT2D eigenvalue weighted by atomic mass is 9.89. The minimum atomic E-state index is -0.857. The maximum Gasteiger partial charge on any atom is 0.330 e. The summed E-state index contributed by atoms with van der Waals surface area (Å²) in [6.45, 7) is 4.95. The van der Waals surface area contributed by atoms with E-state index < -0.39 is 11.8 Å². The third kappa shape index (κ3) is 6.38. The number of carboxylic acid groups (broad SMARTS) is 1. The van der Waals surface area contributed by atoms with E-state index >= 15 is 0 Å². The molecule has 2 aliphatic carbocycles. The standard InChI is InChI=1S/C12H18O4.C10H14O4/c1-2-14-11(13)9-10-3-5-12(6-4-10)15-7-8-16-12;11-9(12)7-8-1-3-10(4-2-8)13-5-6-14-10/h9H,2-8H2,1H3;7H,1-6H2,(H,11,12). The van der Waals surface area contributed by atoms with Gasteiger partial charge in [-0.25, -0.2) is 9.59 Å². The molecule has 8 nitrogen and oxygen atoms in total. The molecule has 0 aromatic carbocycles. The third-order valence-electron chi connectivity index (χ3n) is 5.87. The number of aliphatic carboxylic acids is 1. The Hall–Kier alpha value is -1.74. The van der Waals surface area contributed by atoms with Crippen LogP contribution in [0.5, 0.6) is 0 Å². The van der Waals surface area contributed by atoms with Crippen molar-refractivity contribution in [1.82, 2.24) is 0 Å². The SMILES string of the molecule is CCOC(=O)C=C1CCC2(CC1)OCCO2.O=C(O)C=C1CCC2(CC1)OCCO2. The number of allylic oxidation sites excluding steroid dienone is 2. The zero-order chi connectivity index (χ0) is 21.5. The van der Waals surface area contributed by atoms with Gasteiger partial charge in [0.2, 0.25) is 0 Å². The Morgan fingerprint density at radius 1 is 0.833 bits per heavy atom. The van der Waals surface area contributed by atoms with Crippen molar-refractivity contribution in [3.05, 3.63) is 23.3 Å². The summed E-state index contributed by atoms with van der Waals surface area (Å²) >= 11 is 0. The van der Waals surface area contributed by atoms with Gasteiger partial charge in [-0.3, -0.25) is 0 Å². The minimum absolute atomic E-state index is 0.235. The Bertz CT molecular complexity index is 645. The molecule has 0 unspecified atom stereocenters. The molecular formula is C22H32O8. The molecule has 2 spiro atoms. The monoisotopic (exact) mass is 424 g/mol. The molecule has 2 saturated carbocycles. The Balaban J connectivity index is 0.000000172. The van der Waals surface area contributed by atoms with E-state index in [4.69, 9.17) is 28.8 Å². The summed E-state index contributed by atoms with van der Waals surface area (Å²) in [5, 5.41) is 8.58. The lowest BCUT2D eigenvalue weighted by Gasteiger charge is -2.32. The fourth-order valence-corrected chi connectivity index (χ4v) is 4.29. The van der Waals surface area contributed by atoms with E-state index in [-0.39, 0.29) is 11.8 Å². The summed E-state index contributed by atoms with van der Waals surface area (Å²) < 4.78 is 27.2. The van der Waals surface area contributed by atoms with Crippen molar-refractivity contribution in [2.45, 2.75) is 69.9 Å². The van der Waals surface area contributed by atoms with Gasteiger partial charge in [-0.2, -0.15) is 0 Å². The molecule has 4 rings (SSSR count). The molecule has 8 heteroatoms. The van der Waals surface area contributed by atoms with E-state index in [1.54, 1.807) is 6.08 Å². The van der Waals surface area contributed by atoms with E-state index in [9.17, 15) is 9.59 Å². The topological polar surface area (TPSA) is 101 Å². The van der Waals surface area contributed by atoms with Crippen molar-refractivity contribution in [2.24, 2.45) is 0 Å². The van der Waals surface area contributed by atoms with Crippen LogP contribution in [0.2, 0.25) is 0 Å². The molecule has 1 N–H and O–H groups in total. The molecule has 0 aromatic heterocycles. The molecule has 0 atom stereocenters. The van der Waals surface area contributed by atoms with Crippen LogP contribution in [0.15, 0.2) is 23.3 Å². The molecule has 2 aliphatic heterocycles. The summed E-state index contributed by atoms with van der Waals surface area (Å²) in [6.07, 6.45) is 9.44. The highest BCUT2D eigenvalue weighted by Gasteiger charge is 2.39. The normalized spacial score (nSPS) is 24.3. The van der Waals surface area contributed by atoms with E-state index in [1.807, 2.05) is 6.92 Å². The summed E-state index contributed by atoms with van der Waals surface area (Å²) in [7, 11) is 0. The summed E-state index contributed by atoms with van der Waals surface area (Å²) in [4.78, 5) is 21.7. The molecule has 0 radical (unpaired) electrons. The molecule has 0 aromatic rings. The van der Waals surface area contributed by atoms with Crippen LogP contribution in [0.4, 0.5) is 0 Å². The largest absolute Gasteiger partial charge is 0.478 e. The van der Waals surface area contributed by atoms with Crippen LogP contribution in [0.3, 0.4) is 0 Å². The summed E-state index contributed by atoms with van der Waals surface area (Å²) in [6, 6.07) is 0. The number of carbonyl (C=O) groups excluding carboxylic acids is 1. The minimum Gasteiger partial charge on any atom is -0.478 e. The molecule has 0 bridgehead atoms. The fraction of sp³-hybridized carbons (Fsp3) is 0.727. The van der Waals surface area contributed by atoms with Crippen LogP contribution in [0.25, 0.3) is 0 Å². The Morgan fingerprint density at radius 2 is 1.23 bits per heavy atom. The smallest absolute Gasteiger partial charge is 0.330 e. The highest BCUT2D eigenvalue weighted by atomic mass is 16.7. The number of ether oxygens (including phenoxy) is 5. The Kier molecular flexibility index (Phi) is 8.05. The van der Waals surface area contributed by atoms with Crippen molar-refractivity contribution in [1.29, 1.82) is 0 Å². The summed E-state index contributed by atoms with van der Waals surface area (Å²) in [5.74, 6) is -1.84. The lowest BCUT2D eigenvalue weighted by Crippen LogP contribution is -2.33. The number of esters is 1. The zero-order valence-corrected chi connectivity index (χ0v) is 17.7. The van der Waals surface area contributed by atoms with Crippen LogP contribution in [0.1, 0.15) is 58.3 Å². The van der Waals surface area contributed by atoms with Gasteiger partial charge in [0, 0.05) is 37.8 Å². The quantitative estimate of drug-likeness (QED) is 0.545. The van der Waals surface area contributed by atoms with Gasteiger partial charge in [-0.1, -0.05) is 11.1 Å². The van der Waals surface area contributed by atoms with E-state index in [1.165, 1.54) is 6.08 Å². The highest BCUT2D eigenvalue weighted by Crippen LogP contribution is 2.38. The van der Waals surface area contributed by atoms with Crippen molar-refractivity contribution >= 4 is 11.9 Å². The second-order valence-corrected chi connectivity index (χ2v) is 7.91. The molecule has 2 heterocycles. The van der Waals surface area contributed by atoms with Gasteiger partial charge in [-0.15, -0.1) is 0 Å². The number of carboxylic acids is 1. The van der Waals surface area contributed by atoms with Crippen LogP contribution in [0, 0.1) is 0 Å². The van der Waals surface area contributed by atoms with E-state index in [0.717, 1.165) is 62.5 Å². The average molecular weight is 424 g/mol. The predicted octanol–water partition coefficient (Wildman–Crippen LogP) is 3.11. The number of rotatable bonds is 3. The van der Waals surface area contributed by atoms with Crippen molar-refractivity contribution < 1.29 is 38.4 Å². The first kappa shape index (κ1) is 22.9. The number of hydrogen-bond acceptors (Lipinski definition) is 7. The molecule has 4 fully saturated rings. The van der Waals surface area contributed by atoms with Gasteiger partial charge >= 0.3 is 11.9 Å². The number of hydrogen-bond donors (Lipinski definition) is 1. The van der Waals surface area contributed by atoms with Crippen LogP contribution in [-0.4, -0.2) is 61.7 Å². The van der Waals surface area contributed by atoms with Gasteiger partial charge in [0.1, 0.15) is 0 Å². The zero-order valence-electron chi connectivity index (χ0n) is 17.7. The number of carbonyl (C=O) groups is 2. The van der Waals surface area contributed by atoms with E-state index in [2.05, 4.69) is 0 Å². The van der Waals surface area contributed by atoms with Crippen molar-refractivity contribution in [3.63, 3.8) is 0 Å². The Morgan fingerprint density at radius 3 is 1.60 bits per heavy atom. The van der Waals surface area contributed by atoms with Crippen LogP contribution in [-0.2, 0) is 33.3 Å². The first-order chi connectivity index (χ1) is 14.4. The predicted molar refractivity (Wildman–Crippen MR) is 107 cm³/mol. The molecule has 4 aliphatic rings. The van der Waals surface area contributed by atoms with Gasteiger partial charge in [-0.05, 0) is 32.6 Å². The second kappa shape index (κ2) is 10.5. The molecular weight excluding hydrogens is 392 g/mol. The summed E-state index contributed by atoms with van der Waals surface area (Å²) in [5.41, 5.74) is 2.13. The van der Waals surface area contributed by atoms with Gasteiger partial charge in [0.25, 0.3) is 0 Å². The maximum atomic E-state index is 11.3. The molecule has 30 heavy (non-hydrogen) atoms. The van der Waals surface area contributed by atoms with Crippen LogP contribution < -0.4 is 0 Å². The van der Waals surface area contributed by atoms with Gasteiger partial charge < -0.3 is 28.8 Å². The molecule has 2 saturated heterocycles. The molecule has 0 amide bonds. The highest BCUT2D eigenvalue weighted by molar-refractivity contribution is 5.82. The fourth-order valence-electron chi connectivity index (χ4n) is 4.29. The van der Waals surface area contributed by atoms with Gasteiger partial charge in [0.05, 0.1) is 33.0 Å². The average Bonchev–Trinajstić information content (AvgIpc) is 3.37. The van der Waals surface area contributed by atoms with Crippen molar-refractivity contribution in [2.75, 3.05) is 33.0 Å². The Labute approximate surface area is 177 Å². The van der Waals surface area contributed by atoms with Gasteiger partial charge in [0.15, 0.2) is 11.6 Å².